The second-order valence-electron chi connectivity index (χ2n) is 10.5. The number of ketones is 1. The van der Waals surface area contributed by atoms with E-state index in [1.165, 1.54) is 7.11 Å². The first kappa shape index (κ1) is 26.1. The van der Waals surface area contributed by atoms with E-state index < -0.39 is 60.0 Å². The molecule has 3 aliphatic rings. The summed E-state index contributed by atoms with van der Waals surface area (Å²) in [7, 11) is 1.49. The Morgan fingerprint density at radius 2 is 2.08 bits per heavy atom. The highest BCUT2D eigenvalue weighted by atomic mass is 19.3. The summed E-state index contributed by atoms with van der Waals surface area (Å²) >= 11 is 0. The van der Waals surface area contributed by atoms with Crippen molar-refractivity contribution in [1.29, 1.82) is 0 Å². The van der Waals surface area contributed by atoms with Gasteiger partial charge >= 0.3 is 0 Å². The predicted octanol–water partition coefficient (Wildman–Crippen LogP) is 1.38. The van der Waals surface area contributed by atoms with Crippen LogP contribution in [0, 0.1) is 11.3 Å². The van der Waals surface area contributed by atoms with Gasteiger partial charge < -0.3 is 30.4 Å². The number of benzene rings is 1. The number of hydrogen-bond donors (Lipinski definition) is 4. The molecule has 4 unspecified atom stereocenters. The van der Waals surface area contributed by atoms with Gasteiger partial charge in [0.25, 0.3) is 11.8 Å². The Labute approximate surface area is 217 Å². The third-order valence-electron chi connectivity index (χ3n) is 8.06. The maximum absolute atomic E-state index is 14.4. The van der Waals surface area contributed by atoms with Crippen molar-refractivity contribution in [3.63, 3.8) is 0 Å². The molecule has 12 heteroatoms. The topological polar surface area (TPSA) is 141 Å². The molecule has 3 amide bonds. The molecule has 0 bridgehead atoms. The lowest BCUT2D eigenvalue weighted by Gasteiger charge is -2.28. The van der Waals surface area contributed by atoms with Crippen molar-refractivity contribution in [3.05, 3.63) is 30.0 Å². The largest absolute Gasteiger partial charge is 0.496 e. The fraction of sp³-hybridized carbons (Fsp3) is 0.538. The van der Waals surface area contributed by atoms with Crippen LogP contribution in [0.1, 0.15) is 42.6 Å². The normalized spacial score (nSPS) is 26.7. The number of nitrogens with one attached hydrogen (secondary N) is 3. The monoisotopic (exact) mass is 532 g/mol. The molecular formula is C26H30F2N4O6. The van der Waals surface area contributed by atoms with Gasteiger partial charge in [0, 0.05) is 36.3 Å². The van der Waals surface area contributed by atoms with Crippen LogP contribution in [-0.4, -0.2) is 83.3 Å². The van der Waals surface area contributed by atoms with Crippen LogP contribution in [0.2, 0.25) is 0 Å². The first-order valence-corrected chi connectivity index (χ1v) is 12.7. The number of aromatic amines is 1. The van der Waals surface area contributed by atoms with Gasteiger partial charge in [-0.25, -0.2) is 8.78 Å². The quantitative estimate of drug-likeness (QED) is 0.405. The van der Waals surface area contributed by atoms with Gasteiger partial charge in [-0.2, -0.15) is 0 Å². The van der Waals surface area contributed by atoms with Crippen LogP contribution in [0.5, 0.6) is 5.75 Å². The average molecular weight is 533 g/mol. The molecule has 1 aliphatic carbocycles. The van der Waals surface area contributed by atoms with Crippen molar-refractivity contribution in [1.82, 2.24) is 20.5 Å². The Balaban J connectivity index is 1.40. The highest BCUT2D eigenvalue weighted by Crippen LogP contribution is 2.66. The van der Waals surface area contributed by atoms with Crippen LogP contribution >= 0.6 is 0 Å². The number of halogens is 2. The van der Waals surface area contributed by atoms with Crippen LogP contribution < -0.4 is 15.4 Å². The van der Waals surface area contributed by atoms with Gasteiger partial charge in [0.15, 0.2) is 5.78 Å². The molecule has 1 aromatic carbocycles. The van der Waals surface area contributed by atoms with Crippen molar-refractivity contribution < 1.29 is 37.8 Å². The van der Waals surface area contributed by atoms with Gasteiger partial charge in [-0.3, -0.25) is 19.2 Å². The molecule has 4 N–H and O–H groups in total. The second-order valence-corrected chi connectivity index (χ2v) is 10.5. The van der Waals surface area contributed by atoms with Gasteiger partial charge in [0.2, 0.25) is 11.8 Å². The van der Waals surface area contributed by atoms with Crippen molar-refractivity contribution >= 4 is 34.4 Å². The number of amides is 3. The third kappa shape index (κ3) is 4.50. The maximum atomic E-state index is 14.4. The van der Waals surface area contributed by atoms with Gasteiger partial charge in [-0.05, 0) is 43.9 Å². The number of aliphatic hydroxyl groups excluding tert-OH is 1. The molecule has 1 spiro atoms. The molecule has 38 heavy (non-hydrogen) atoms. The number of nitrogens with zero attached hydrogens (tertiary/aromatic N) is 1. The van der Waals surface area contributed by atoms with E-state index in [0.29, 0.717) is 36.0 Å². The Morgan fingerprint density at radius 3 is 2.74 bits per heavy atom. The number of ether oxygens (including phenoxy) is 1. The molecule has 204 valence electrons. The Bertz CT molecular complexity index is 1300. The number of piperidine rings is 1. The zero-order chi connectivity index (χ0) is 27.2. The molecule has 4 atom stereocenters. The Morgan fingerprint density at radius 1 is 1.32 bits per heavy atom. The first-order chi connectivity index (χ1) is 18.1. The molecule has 2 saturated heterocycles. The number of H-pyrrole nitrogens is 1. The van der Waals surface area contributed by atoms with Crippen LogP contribution in [0.3, 0.4) is 0 Å². The molecule has 3 heterocycles. The van der Waals surface area contributed by atoms with E-state index in [4.69, 9.17) is 4.74 Å². The summed E-state index contributed by atoms with van der Waals surface area (Å²) in [6.45, 7) is -0.645. The lowest BCUT2D eigenvalue weighted by molar-refractivity contribution is -0.133. The van der Waals surface area contributed by atoms with E-state index in [0.717, 1.165) is 4.90 Å². The number of aromatic nitrogens is 1. The minimum atomic E-state index is -3.01. The molecule has 10 nitrogen and oxygen atoms in total. The maximum Gasteiger partial charge on any atom is 0.271 e. The van der Waals surface area contributed by atoms with Gasteiger partial charge in [-0.1, -0.05) is 6.07 Å². The van der Waals surface area contributed by atoms with E-state index in [2.05, 4.69) is 15.6 Å². The summed E-state index contributed by atoms with van der Waals surface area (Å²) in [5.74, 6) is -5.35. The number of carbonyl (C=O) groups excluding carboxylic acids is 4. The molecule has 1 saturated carbocycles. The molecule has 2 aromatic rings. The van der Waals surface area contributed by atoms with Gasteiger partial charge in [-0.15, -0.1) is 0 Å². The van der Waals surface area contributed by atoms with Gasteiger partial charge in [0.05, 0.1) is 18.6 Å². The second kappa shape index (κ2) is 9.64. The first-order valence-electron chi connectivity index (χ1n) is 12.7. The highest BCUT2D eigenvalue weighted by Gasteiger charge is 2.75. The Kier molecular flexibility index (Phi) is 6.62. The number of aliphatic hydroxyl groups is 1. The summed E-state index contributed by atoms with van der Waals surface area (Å²) in [5.41, 5.74) is -0.780. The molecule has 5 rings (SSSR count). The van der Waals surface area contributed by atoms with Crippen LogP contribution in [0.4, 0.5) is 8.78 Å². The number of rotatable bonds is 8. The number of Topliss-reactive ketones (excluding diaryl/α,β-unsaturated/α-hetero) is 1. The van der Waals surface area contributed by atoms with Crippen LogP contribution in [-0.2, 0) is 14.4 Å². The summed E-state index contributed by atoms with van der Waals surface area (Å²) < 4.78 is 34.1. The van der Waals surface area contributed by atoms with Crippen molar-refractivity contribution in [3.8, 4) is 5.75 Å². The summed E-state index contributed by atoms with van der Waals surface area (Å²) in [5, 5.41) is 15.4. The summed E-state index contributed by atoms with van der Waals surface area (Å²) in [6, 6.07) is 4.32. The van der Waals surface area contributed by atoms with Gasteiger partial charge in [0.1, 0.15) is 24.1 Å². The van der Waals surface area contributed by atoms with E-state index in [-0.39, 0.29) is 31.0 Å². The van der Waals surface area contributed by atoms with E-state index in [1.54, 1.807) is 24.3 Å². The summed E-state index contributed by atoms with van der Waals surface area (Å²) in [4.78, 5) is 55.8. The average Bonchev–Trinajstić information content (AvgIpc) is 3.25. The zero-order valence-corrected chi connectivity index (χ0v) is 20.9. The third-order valence-corrected chi connectivity index (χ3v) is 8.06. The number of likely N-dealkylation sites (tertiary alicyclic amines) is 1. The predicted molar refractivity (Wildman–Crippen MR) is 131 cm³/mol. The fourth-order valence-electron chi connectivity index (χ4n) is 5.77. The molecule has 1 aromatic heterocycles. The number of carbonyl (C=O) groups is 4. The van der Waals surface area contributed by atoms with E-state index >= 15 is 0 Å². The number of methoxy groups -OCH3 is 1. The number of alkyl halides is 2. The van der Waals surface area contributed by atoms with Crippen LogP contribution in [0.15, 0.2) is 24.3 Å². The van der Waals surface area contributed by atoms with Crippen molar-refractivity contribution in [2.45, 2.75) is 50.1 Å². The highest BCUT2D eigenvalue weighted by molar-refractivity contribution is 6.02. The number of hydrogen-bond acceptors (Lipinski definition) is 6. The zero-order valence-electron chi connectivity index (χ0n) is 20.9. The molecular weight excluding hydrogens is 502 g/mol. The lowest BCUT2D eigenvalue weighted by atomic mass is 9.90. The van der Waals surface area contributed by atoms with Crippen LogP contribution in [0.25, 0.3) is 10.9 Å². The molecule has 2 aliphatic heterocycles. The SMILES string of the molecule is COc1cccc2[nH]c(C(=O)N3CC4(CC3C(=O)NC(CC3CCCNC3=O)C(=O)CO)CC4(F)F)cc12. The molecule has 0 radical (unpaired) electrons. The standard InChI is InChI=1S/C26H30F2N4O6/c1-38-21-6-2-5-16-15(21)9-18(30-16)24(37)32-13-25(12-26(25,27)28)10-19(32)23(36)31-17(20(34)11-33)8-14-4-3-7-29-22(14)35/h2,5-6,9,14,17,19,30,33H,3-4,7-8,10-13H2,1H3,(H,29,35)(H,31,36). The number of fused-ring (bicyclic) bond motifs is 1. The summed E-state index contributed by atoms with van der Waals surface area (Å²) in [6.07, 6.45) is 0.507. The minimum Gasteiger partial charge on any atom is -0.496 e. The lowest BCUT2D eigenvalue weighted by Crippen LogP contribution is -2.52. The van der Waals surface area contributed by atoms with E-state index in [1.807, 2.05) is 0 Å². The smallest absolute Gasteiger partial charge is 0.271 e. The van der Waals surface area contributed by atoms with Crippen molar-refractivity contribution in [2.24, 2.45) is 11.3 Å². The fourth-order valence-corrected chi connectivity index (χ4v) is 5.77. The minimum absolute atomic E-state index is 0.0270. The molecule has 3 fully saturated rings. The van der Waals surface area contributed by atoms with Crippen molar-refractivity contribution in [2.75, 3.05) is 26.8 Å². The van der Waals surface area contributed by atoms with E-state index in [9.17, 15) is 33.1 Å². The Hall–Kier alpha value is -3.54.